The number of aryl methyl sites for hydroxylation is 1. The molecule has 1 saturated carbocycles. The molecular formula is C15H20N4O2. The average Bonchev–Trinajstić information content (AvgIpc) is 2.77. The Morgan fingerprint density at radius 2 is 2.14 bits per heavy atom. The van der Waals surface area contributed by atoms with Gasteiger partial charge >= 0.3 is 5.97 Å². The smallest absolute Gasteiger partial charge is 0.308 e. The number of carbonyl (C=O) groups is 1. The van der Waals surface area contributed by atoms with Gasteiger partial charge in [0.05, 0.1) is 5.92 Å². The van der Waals surface area contributed by atoms with Gasteiger partial charge in [0, 0.05) is 6.04 Å². The molecule has 0 bridgehead atoms. The maximum Gasteiger partial charge on any atom is 0.308 e. The van der Waals surface area contributed by atoms with Crippen molar-refractivity contribution in [2.24, 2.45) is 5.92 Å². The van der Waals surface area contributed by atoms with Gasteiger partial charge in [-0.25, -0.2) is 4.98 Å². The van der Waals surface area contributed by atoms with Gasteiger partial charge in [-0.15, -0.1) is 0 Å². The first kappa shape index (κ1) is 13.9. The number of pyridine rings is 1. The van der Waals surface area contributed by atoms with Gasteiger partial charge in [-0.05, 0) is 37.5 Å². The molecule has 2 aromatic heterocycles. The molecule has 2 atom stereocenters. The molecular weight excluding hydrogens is 268 g/mol. The highest BCUT2D eigenvalue weighted by Gasteiger charge is 2.29. The Balaban J connectivity index is 1.91. The lowest BCUT2D eigenvalue weighted by Gasteiger charge is -2.24. The van der Waals surface area contributed by atoms with Crippen molar-refractivity contribution in [1.82, 2.24) is 14.6 Å². The molecule has 0 radical (unpaired) electrons. The zero-order valence-corrected chi connectivity index (χ0v) is 12.1. The number of carboxylic acids is 1. The third-order valence-corrected chi connectivity index (χ3v) is 4.19. The molecule has 2 aromatic rings. The molecule has 2 heterocycles. The van der Waals surface area contributed by atoms with Crippen molar-refractivity contribution in [3.05, 3.63) is 24.0 Å². The predicted molar refractivity (Wildman–Crippen MR) is 79.3 cm³/mol. The molecule has 6 nitrogen and oxygen atoms in total. The standard InChI is InChI=1S/C15H20N4O2/c1-10-7-13-16-9-17-19(13)14(8-10)18-12-6-4-2-3-5-11(12)15(20)21/h7-9,11-12,18H,2-6H2,1H3,(H,20,21). The van der Waals surface area contributed by atoms with E-state index in [2.05, 4.69) is 15.4 Å². The van der Waals surface area contributed by atoms with Gasteiger partial charge in [-0.3, -0.25) is 4.79 Å². The number of rotatable bonds is 3. The Hall–Kier alpha value is -2.11. The molecule has 2 unspecified atom stereocenters. The summed E-state index contributed by atoms with van der Waals surface area (Å²) in [5.74, 6) is -0.232. The Kier molecular flexibility index (Phi) is 3.77. The monoisotopic (exact) mass is 288 g/mol. The van der Waals surface area contributed by atoms with Gasteiger partial charge in [-0.1, -0.05) is 19.3 Å². The molecule has 1 aliphatic rings. The van der Waals surface area contributed by atoms with Crippen LogP contribution in [-0.4, -0.2) is 31.7 Å². The fraction of sp³-hybridized carbons (Fsp3) is 0.533. The fourth-order valence-electron chi connectivity index (χ4n) is 3.13. The summed E-state index contributed by atoms with van der Waals surface area (Å²) < 4.78 is 1.73. The van der Waals surface area contributed by atoms with E-state index in [1.165, 1.54) is 6.33 Å². The highest BCUT2D eigenvalue weighted by Crippen LogP contribution is 2.27. The summed E-state index contributed by atoms with van der Waals surface area (Å²) in [6.45, 7) is 2.00. The Morgan fingerprint density at radius 3 is 2.95 bits per heavy atom. The Morgan fingerprint density at radius 1 is 1.33 bits per heavy atom. The molecule has 0 aliphatic heterocycles. The van der Waals surface area contributed by atoms with Crippen LogP contribution in [0.3, 0.4) is 0 Å². The van der Waals surface area contributed by atoms with Gasteiger partial charge in [0.15, 0.2) is 5.65 Å². The van der Waals surface area contributed by atoms with Crippen LogP contribution in [0.25, 0.3) is 5.65 Å². The van der Waals surface area contributed by atoms with E-state index in [1.807, 2.05) is 19.1 Å². The van der Waals surface area contributed by atoms with Crippen LogP contribution in [0.2, 0.25) is 0 Å². The van der Waals surface area contributed by atoms with E-state index in [0.29, 0.717) is 0 Å². The number of nitrogens with zero attached hydrogens (tertiary/aromatic N) is 3. The number of carboxylic acid groups (broad SMARTS) is 1. The number of hydrogen-bond acceptors (Lipinski definition) is 4. The summed E-state index contributed by atoms with van der Waals surface area (Å²) in [6, 6.07) is 3.89. The highest BCUT2D eigenvalue weighted by atomic mass is 16.4. The van der Waals surface area contributed by atoms with E-state index >= 15 is 0 Å². The quantitative estimate of drug-likeness (QED) is 0.848. The van der Waals surface area contributed by atoms with Crippen LogP contribution in [0.15, 0.2) is 18.5 Å². The van der Waals surface area contributed by atoms with E-state index in [9.17, 15) is 9.90 Å². The molecule has 0 saturated heterocycles. The van der Waals surface area contributed by atoms with E-state index in [1.54, 1.807) is 4.52 Å². The topological polar surface area (TPSA) is 79.5 Å². The zero-order chi connectivity index (χ0) is 14.8. The lowest BCUT2D eigenvalue weighted by atomic mass is 9.95. The van der Waals surface area contributed by atoms with E-state index < -0.39 is 5.97 Å². The summed E-state index contributed by atoms with van der Waals surface area (Å²) in [5, 5.41) is 17.1. The first-order valence-corrected chi connectivity index (χ1v) is 7.45. The van der Waals surface area contributed by atoms with E-state index in [0.717, 1.165) is 49.1 Å². The molecule has 3 rings (SSSR count). The van der Waals surface area contributed by atoms with Crippen molar-refractivity contribution in [3.8, 4) is 0 Å². The van der Waals surface area contributed by atoms with Crippen molar-refractivity contribution in [2.45, 2.75) is 45.1 Å². The molecule has 112 valence electrons. The van der Waals surface area contributed by atoms with Crippen LogP contribution < -0.4 is 5.32 Å². The highest BCUT2D eigenvalue weighted by molar-refractivity contribution is 5.71. The minimum atomic E-state index is -0.711. The number of hydrogen-bond donors (Lipinski definition) is 2. The van der Waals surface area contributed by atoms with Crippen molar-refractivity contribution in [1.29, 1.82) is 0 Å². The molecule has 1 aliphatic carbocycles. The number of fused-ring (bicyclic) bond motifs is 1. The number of aromatic nitrogens is 3. The summed E-state index contributed by atoms with van der Waals surface area (Å²) in [4.78, 5) is 15.7. The normalized spacial score (nSPS) is 22.9. The van der Waals surface area contributed by atoms with Crippen LogP contribution in [-0.2, 0) is 4.79 Å². The molecule has 0 aromatic carbocycles. The third kappa shape index (κ3) is 2.84. The van der Waals surface area contributed by atoms with Crippen LogP contribution in [0.4, 0.5) is 5.82 Å². The molecule has 2 N–H and O–H groups in total. The zero-order valence-electron chi connectivity index (χ0n) is 12.1. The number of nitrogens with one attached hydrogen (secondary N) is 1. The third-order valence-electron chi connectivity index (χ3n) is 4.19. The lowest BCUT2D eigenvalue weighted by molar-refractivity contribution is -0.142. The number of anilines is 1. The number of aliphatic carboxylic acids is 1. The Labute approximate surface area is 123 Å². The van der Waals surface area contributed by atoms with Crippen LogP contribution >= 0.6 is 0 Å². The molecule has 6 heteroatoms. The average molecular weight is 288 g/mol. The minimum absolute atomic E-state index is 0.0563. The minimum Gasteiger partial charge on any atom is -0.481 e. The van der Waals surface area contributed by atoms with Gasteiger partial charge in [0.25, 0.3) is 0 Å². The van der Waals surface area contributed by atoms with Crippen LogP contribution in [0.1, 0.15) is 37.7 Å². The lowest BCUT2D eigenvalue weighted by Crippen LogP contribution is -2.34. The second-order valence-electron chi connectivity index (χ2n) is 5.78. The van der Waals surface area contributed by atoms with Crippen LogP contribution in [0.5, 0.6) is 0 Å². The Bertz CT molecular complexity index is 652. The van der Waals surface area contributed by atoms with Crippen molar-refractivity contribution >= 4 is 17.4 Å². The van der Waals surface area contributed by atoms with Crippen molar-refractivity contribution < 1.29 is 9.90 Å². The van der Waals surface area contributed by atoms with Crippen molar-refractivity contribution in [2.75, 3.05) is 5.32 Å². The maximum atomic E-state index is 11.5. The maximum absolute atomic E-state index is 11.5. The van der Waals surface area contributed by atoms with E-state index in [4.69, 9.17) is 0 Å². The van der Waals surface area contributed by atoms with Crippen LogP contribution in [0, 0.1) is 12.8 Å². The van der Waals surface area contributed by atoms with Gasteiger partial charge < -0.3 is 10.4 Å². The summed E-state index contributed by atoms with van der Waals surface area (Å²) in [5.41, 5.74) is 1.86. The molecule has 21 heavy (non-hydrogen) atoms. The second-order valence-corrected chi connectivity index (χ2v) is 5.78. The first-order valence-electron chi connectivity index (χ1n) is 7.45. The van der Waals surface area contributed by atoms with Gasteiger partial charge in [0.2, 0.25) is 0 Å². The largest absolute Gasteiger partial charge is 0.481 e. The molecule has 1 fully saturated rings. The molecule has 0 spiro atoms. The van der Waals surface area contributed by atoms with E-state index in [-0.39, 0.29) is 12.0 Å². The summed E-state index contributed by atoms with van der Waals surface area (Å²) >= 11 is 0. The summed E-state index contributed by atoms with van der Waals surface area (Å²) in [6.07, 6.45) is 6.28. The molecule has 0 amide bonds. The first-order chi connectivity index (χ1) is 10.1. The summed E-state index contributed by atoms with van der Waals surface area (Å²) in [7, 11) is 0. The van der Waals surface area contributed by atoms with Gasteiger partial charge in [-0.2, -0.15) is 9.61 Å². The predicted octanol–water partition coefficient (Wildman–Crippen LogP) is 2.48. The van der Waals surface area contributed by atoms with Crippen molar-refractivity contribution in [3.63, 3.8) is 0 Å². The van der Waals surface area contributed by atoms with Gasteiger partial charge in [0.1, 0.15) is 12.1 Å². The SMILES string of the molecule is Cc1cc(NC2CCCCCC2C(=O)O)n2ncnc2c1. The fourth-order valence-corrected chi connectivity index (χ4v) is 3.13. The second kappa shape index (κ2) is 5.71.